The molecule has 1 spiro atoms. The Morgan fingerprint density at radius 2 is 1.79 bits per heavy atom. The summed E-state index contributed by atoms with van der Waals surface area (Å²) in [5.74, 6) is 1.22. The standard InChI is InChI=1S/C25H24FN5O3/c26-20-14-18(34-17-4-2-1-3-5-17)6-7-19(20)21-22-23(27)28-15-29-31(22)24(30-21)16-8-10-25(11-9-16)32-12-13-33-25/h1-7,14-16H,8-13H2,(H2,27,28,29). The summed E-state index contributed by atoms with van der Waals surface area (Å²) >= 11 is 0. The molecule has 174 valence electrons. The maximum absolute atomic E-state index is 15.3. The van der Waals surface area contributed by atoms with Crippen molar-refractivity contribution in [2.75, 3.05) is 18.9 Å². The third-order valence-corrected chi connectivity index (χ3v) is 6.59. The Morgan fingerprint density at radius 1 is 1.03 bits per heavy atom. The number of nitrogens with two attached hydrogens (primary N) is 1. The van der Waals surface area contributed by atoms with Gasteiger partial charge in [-0.25, -0.2) is 18.9 Å². The predicted molar refractivity (Wildman–Crippen MR) is 123 cm³/mol. The number of aromatic nitrogens is 4. The third-order valence-electron chi connectivity index (χ3n) is 6.59. The van der Waals surface area contributed by atoms with Crippen molar-refractivity contribution in [2.45, 2.75) is 37.4 Å². The summed E-state index contributed by atoms with van der Waals surface area (Å²) in [5.41, 5.74) is 7.46. The average Bonchev–Trinajstić information content (AvgIpc) is 3.46. The Bertz CT molecular complexity index is 1330. The van der Waals surface area contributed by atoms with Gasteiger partial charge in [0.2, 0.25) is 0 Å². The topological polar surface area (TPSA) is 96.8 Å². The summed E-state index contributed by atoms with van der Waals surface area (Å²) in [7, 11) is 0. The van der Waals surface area contributed by atoms with Gasteiger partial charge in [0.15, 0.2) is 11.6 Å². The molecule has 8 nitrogen and oxygen atoms in total. The molecule has 2 N–H and O–H groups in total. The number of anilines is 1. The van der Waals surface area contributed by atoms with Gasteiger partial charge in [0.25, 0.3) is 0 Å². The number of nitrogens with zero attached hydrogens (tertiary/aromatic N) is 4. The number of rotatable bonds is 4. The van der Waals surface area contributed by atoms with E-state index >= 15 is 4.39 Å². The first kappa shape index (κ1) is 21.0. The molecule has 1 saturated heterocycles. The lowest BCUT2D eigenvalue weighted by molar-refractivity contribution is -0.179. The average molecular weight is 461 g/mol. The minimum Gasteiger partial charge on any atom is -0.457 e. The van der Waals surface area contributed by atoms with Gasteiger partial charge in [-0.1, -0.05) is 18.2 Å². The zero-order valence-corrected chi connectivity index (χ0v) is 18.5. The molecule has 1 aliphatic heterocycles. The summed E-state index contributed by atoms with van der Waals surface area (Å²) in [6.45, 7) is 1.27. The molecule has 3 heterocycles. The van der Waals surface area contributed by atoms with Crippen molar-refractivity contribution in [1.82, 2.24) is 19.6 Å². The fraction of sp³-hybridized carbons (Fsp3) is 0.320. The van der Waals surface area contributed by atoms with E-state index in [1.807, 2.05) is 30.3 Å². The summed E-state index contributed by atoms with van der Waals surface area (Å²) in [4.78, 5) is 8.98. The van der Waals surface area contributed by atoms with Gasteiger partial charge in [-0.3, -0.25) is 0 Å². The van der Waals surface area contributed by atoms with Crippen LogP contribution in [-0.4, -0.2) is 38.6 Å². The monoisotopic (exact) mass is 461 g/mol. The lowest BCUT2D eigenvalue weighted by Crippen LogP contribution is -2.35. The molecule has 0 atom stereocenters. The third kappa shape index (κ3) is 3.66. The molecule has 1 saturated carbocycles. The molecule has 34 heavy (non-hydrogen) atoms. The molecule has 0 unspecified atom stereocenters. The van der Waals surface area contributed by atoms with Crippen LogP contribution in [0.5, 0.6) is 11.5 Å². The number of para-hydroxylation sites is 1. The highest BCUT2D eigenvalue weighted by atomic mass is 19.1. The number of nitrogen functional groups attached to an aromatic ring is 1. The van der Waals surface area contributed by atoms with Crippen molar-refractivity contribution in [3.05, 3.63) is 66.5 Å². The summed E-state index contributed by atoms with van der Waals surface area (Å²) in [5, 5.41) is 4.41. The van der Waals surface area contributed by atoms with E-state index in [1.165, 1.54) is 12.4 Å². The Labute approximate surface area is 195 Å². The number of imidazole rings is 1. The second-order valence-corrected chi connectivity index (χ2v) is 8.66. The van der Waals surface area contributed by atoms with Crippen molar-refractivity contribution in [3.63, 3.8) is 0 Å². The first-order valence-corrected chi connectivity index (χ1v) is 11.4. The van der Waals surface area contributed by atoms with Crippen LogP contribution >= 0.6 is 0 Å². The molecule has 2 aliphatic rings. The van der Waals surface area contributed by atoms with Crippen LogP contribution in [0.4, 0.5) is 10.2 Å². The van der Waals surface area contributed by atoms with Gasteiger partial charge in [0.1, 0.15) is 40.7 Å². The number of hydrogen-bond donors (Lipinski definition) is 1. The van der Waals surface area contributed by atoms with Gasteiger partial charge in [-0.2, -0.15) is 5.10 Å². The molecule has 1 aliphatic carbocycles. The highest BCUT2D eigenvalue weighted by Gasteiger charge is 2.41. The van der Waals surface area contributed by atoms with Crippen LogP contribution in [0.2, 0.25) is 0 Å². The van der Waals surface area contributed by atoms with E-state index in [1.54, 1.807) is 16.6 Å². The Kier molecular flexibility index (Phi) is 5.15. The molecule has 9 heteroatoms. The second kappa shape index (κ2) is 8.34. The molecule has 4 aromatic rings. The Balaban J connectivity index is 1.35. The maximum Gasteiger partial charge on any atom is 0.168 e. The molecule has 6 rings (SSSR count). The van der Waals surface area contributed by atoms with Crippen LogP contribution in [0, 0.1) is 5.82 Å². The van der Waals surface area contributed by atoms with E-state index in [9.17, 15) is 0 Å². The molecule has 0 radical (unpaired) electrons. The van der Waals surface area contributed by atoms with Crippen LogP contribution in [-0.2, 0) is 9.47 Å². The lowest BCUT2D eigenvalue weighted by atomic mass is 9.84. The van der Waals surface area contributed by atoms with Gasteiger partial charge in [-0.15, -0.1) is 0 Å². The van der Waals surface area contributed by atoms with Gasteiger partial charge in [-0.05, 0) is 37.1 Å². The van der Waals surface area contributed by atoms with Crippen molar-refractivity contribution in [3.8, 4) is 22.8 Å². The van der Waals surface area contributed by atoms with Crippen molar-refractivity contribution in [2.24, 2.45) is 0 Å². The largest absolute Gasteiger partial charge is 0.457 e. The fourth-order valence-corrected chi connectivity index (χ4v) is 4.91. The van der Waals surface area contributed by atoms with Crippen LogP contribution in [0.25, 0.3) is 16.8 Å². The van der Waals surface area contributed by atoms with E-state index in [-0.39, 0.29) is 11.7 Å². The molecule has 0 amide bonds. The van der Waals surface area contributed by atoms with E-state index in [0.29, 0.717) is 41.5 Å². The molecule has 2 aromatic carbocycles. The second-order valence-electron chi connectivity index (χ2n) is 8.66. The number of halogens is 1. The number of fused-ring (bicyclic) bond motifs is 1. The zero-order chi connectivity index (χ0) is 23.1. The lowest BCUT2D eigenvalue weighted by Gasteiger charge is -2.34. The van der Waals surface area contributed by atoms with E-state index in [4.69, 9.17) is 24.9 Å². The van der Waals surface area contributed by atoms with Gasteiger partial charge in [0.05, 0.1) is 13.2 Å². The number of hydrogen-bond acceptors (Lipinski definition) is 7. The quantitative estimate of drug-likeness (QED) is 0.470. The number of benzene rings is 2. The fourth-order valence-electron chi connectivity index (χ4n) is 4.91. The Morgan fingerprint density at radius 3 is 2.53 bits per heavy atom. The van der Waals surface area contributed by atoms with E-state index in [2.05, 4.69) is 10.1 Å². The molecule has 2 fully saturated rings. The molecular formula is C25H24FN5O3. The summed E-state index contributed by atoms with van der Waals surface area (Å²) < 4.78 is 34.5. The van der Waals surface area contributed by atoms with Gasteiger partial charge >= 0.3 is 0 Å². The van der Waals surface area contributed by atoms with Crippen LogP contribution in [0.1, 0.15) is 37.4 Å². The first-order chi connectivity index (χ1) is 16.6. The first-order valence-electron chi connectivity index (χ1n) is 11.4. The molecule has 0 bridgehead atoms. The van der Waals surface area contributed by atoms with Crippen LogP contribution in [0.3, 0.4) is 0 Å². The van der Waals surface area contributed by atoms with Crippen LogP contribution < -0.4 is 10.5 Å². The smallest absolute Gasteiger partial charge is 0.168 e. The minimum atomic E-state index is -0.471. The highest BCUT2D eigenvalue weighted by molar-refractivity contribution is 5.85. The van der Waals surface area contributed by atoms with Gasteiger partial charge < -0.3 is 19.9 Å². The Hall–Kier alpha value is -3.56. The highest BCUT2D eigenvalue weighted by Crippen LogP contribution is 2.43. The van der Waals surface area contributed by atoms with Crippen molar-refractivity contribution >= 4 is 11.3 Å². The molecular weight excluding hydrogens is 437 g/mol. The van der Waals surface area contributed by atoms with Crippen molar-refractivity contribution < 1.29 is 18.6 Å². The minimum absolute atomic E-state index is 0.123. The normalized spacial score (nSPS) is 18.0. The zero-order valence-electron chi connectivity index (χ0n) is 18.5. The number of ether oxygens (including phenoxy) is 3. The van der Waals surface area contributed by atoms with E-state index in [0.717, 1.165) is 31.5 Å². The SMILES string of the molecule is Nc1ncnn2c(C3CCC4(CC3)OCCO4)nc(-c3ccc(Oc4ccccc4)cc3F)c12. The van der Waals surface area contributed by atoms with E-state index < -0.39 is 11.6 Å². The molecule has 2 aromatic heterocycles. The van der Waals surface area contributed by atoms with Crippen molar-refractivity contribution in [1.29, 1.82) is 0 Å². The summed E-state index contributed by atoms with van der Waals surface area (Å²) in [6, 6.07) is 14.0. The van der Waals surface area contributed by atoms with Crippen LogP contribution in [0.15, 0.2) is 54.9 Å². The summed E-state index contributed by atoms with van der Waals surface area (Å²) in [6.07, 6.45) is 4.62. The maximum atomic E-state index is 15.3. The van der Waals surface area contributed by atoms with Gasteiger partial charge in [0, 0.05) is 30.4 Å². The predicted octanol–water partition coefficient (Wildman–Crippen LogP) is 4.71.